The van der Waals surface area contributed by atoms with Crippen LogP contribution >= 0.6 is 0 Å². The van der Waals surface area contributed by atoms with Crippen molar-refractivity contribution in [3.8, 4) is 0 Å². The first-order valence-electron chi connectivity index (χ1n) is 12.7. The van der Waals surface area contributed by atoms with Gasteiger partial charge >= 0.3 is 11.0 Å². The summed E-state index contributed by atoms with van der Waals surface area (Å²) in [4.78, 5) is 1.48. The molecule has 0 aromatic rings. The smallest absolute Gasteiger partial charge is 0.324 e. The van der Waals surface area contributed by atoms with Crippen LogP contribution in [0.4, 0.5) is 26.3 Å². The molecule has 0 radical (unpaired) electrons. The molecule has 2 rings (SSSR count). The van der Waals surface area contributed by atoms with Gasteiger partial charge in [-0.3, -0.25) is 0 Å². The highest BCUT2D eigenvalue weighted by molar-refractivity contribution is 8.11. The molecule has 0 bridgehead atoms. The number of hydrogen-bond acceptors (Lipinski definition) is 5. The van der Waals surface area contributed by atoms with Crippen LogP contribution in [0.25, 0.3) is 0 Å². The molecule has 0 aliphatic carbocycles. The molecular weight excluding hydrogens is 534 g/mol. The molecule has 36 heavy (non-hydrogen) atoms. The van der Waals surface area contributed by atoms with Crippen LogP contribution in [-0.2, 0) is 19.7 Å². The highest BCUT2D eigenvalue weighted by Crippen LogP contribution is 2.48. The van der Waals surface area contributed by atoms with E-state index >= 15 is 0 Å². The van der Waals surface area contributed by atoms with Gasteiger partial charge in [-0.05, 0) is 58.4 Å². The maximum atomic E-state index is 12.9. The Bertz CT molecular complexity index is 824. The number of quaternary nitrogens is 1. The number of sulfone groups is 2. The van der Waals surface area contributed by atoms with Crippen molar-refractivity contribution in [1.82, 2.24) is 4.90 Å². The van der Waals surface area contributed by atoms with E-state index in [0.29, 0.717) is 13.0 Å². The van der Waals surface area contributed by atoms with Crippen molar-refractivity contribution in [3.05, 3.63) is 0 Å². The molecule has 216 valence electrons. The molecule has 0 N–H and O–H groups in total. The van der Waals surface area contributed by atoms with E-state index < -0.39 is 60.7 Å². The first kappa shape index (κ1) is 33.4. The third-order valence-electron chi connectivity index (χ3n) is 7.42. The van der Waals surface area contributed by atoms with Crippen LogP contribution in [-0.4, -0.2) is 87.1 Å². The quantitative estimate of drug-likeness (QED) is 0.213. The minimum atomic E-state index is -6.59. The molecule has 0 saturated carbocycles. The normalized spacial score (nSPS) is 21.5. The van der Waals surface area contributed by atoms with Crippen LogP contribution < -0.4 is 0 Å². The van der Waals surface area contributed by atoms with Crippen molar-refractivity contribution in [2.45, 2.75) is 93.7 Å². The largest absolute Gasteiger partial charge is 0.498 e. The van der Waals surface area contributed by atoms with E-state index in [-0.39, 0.29) is 0 Å². The fraction of sp³-hybridized carbons (Fsp3) is 1.00. The Morgan fingerprint density at radius 1 is 0.750 bits per heavy atom. The number of nitrogens with zero attached hydrogens (tertiary/aromatic N) is 2. The van der Waals surface area contributed by atoms with E-state index in [0.717, 1.165) is 12.8 Å². The molecule has 0 atom stereocenters. The van der Waals surface area contributed by atoms with Crippen molar-refractivity contribution in [1.29, 1.82) is 0 Å². The molecule has 6 nitrogen and oxygen atoms in total. The number of piperidine rings is 2. The van der Waals surface area contributed by atoms with E-state index in [1.165, 1.54) is 61.2 Å². The van der Waals surface area contributed by atoms with Gasteiger partial charge in [-0.15, -0.1) is 0 Å². The molecule has 2 heterocycles. The van der Waals surface area contributed by atoms with Gasteiger partial charge in [-0.2, -0.15) is 26.3 Å². The SMILES string of the molecule is CCCCCN1CCC(S(=O)(=O)C(F)(F)F)(S(=O)(=O)C(F)(F)F)CC1.CCC[N+]1(CC)CCCCC1. The maximum absolute atomic E-state index is 12.9. The molecule has 0 unspecified atom stereocenters. The van der Waals surface area contributed by atoms with Crippen LogP contribution in [0.3, 0.4) is 0 Å². The van der Waals surface area contributed by atoms with Crippen LogP contribution in [0.2, 0.25) is 0 Å². The van der Waals surface area contributed by atoms with Crippen LogP contribution in [0.5, 0.6) is 0 Å². The monoisotopic (exact) mass is 575 g/mol. The zero-order valence-corrected chi connectivity index (χ0v) is 23.1. The Balaban J connectivity index is 0.000000488. The summed E-state index contributed by atoms with van der Waals surface area (Å²) in [5.41, 5.74) is -12.2. The molecule has 0 aromatic heterocycles. The standard InChI is InChI=1S/C12H19F6NO4S2.C10H22N/c1-2-3-4-7-19-8-5-10(6-9-19,24(20,21)11(13,14)15)25(22,23)12(16,17)18;1-3-8-11(4-2)9-6-5-7-10-11/h2-9H2,1H3;3-10H2,1-2H3/q;+1. The van der Waals surface area contributed by atoms with Gasteiger partial charge in [-0.1, -0.05) is 26.7 Å². The van der Waals surface area contributed by atoms with E-state index in [1.54, 1.807) is 0 Å². The lowest BCUT2D eigenvalue weighted by atomic mass is 10.1. The van der Waals surface area contributed by atoms with Gasteiger partial charge in [0.05, 0.1) is 26.2 Å². The van der Waals surface area contributed by atoms with Gasteiger partial charge in [0.1, 0.15) is 0 Å². The number of halogens is 6. The van der Waals surface area contributed by atoms with Crippen molar-refractivity contribution in [2.24, 2.45) is 0 Å². The molecule has 14 heteroatoms. The van der Waals surface area contributed by atoms with Crippen molar-refractivity contribution in [2.75, 3.05) is 45.8 Å². The van der Waals surface area contributed by atoms with Gasteiger partial charge in [-0.25, -0.2) is 16.8 Å². The molecular formula is C22H41F6N2O4S2+. The van der Waals surface area contributed by atoms with Gasteiger partial charge in [0.2, 0.25) is 0 Å². The molecule has 2 aliphatic rings. The third-order valence-corrected chi connectivity index (χ3v) is 12.7. The van der Waals surface area contributed by atoms with Gasteiger partial charge in [0, 0.05) is 13.1 Å². The summed E-state index contributed by atoms with van der Waals surface area (Å²) in [5.74, 6) is 0. The Kier molecular flexibility index (Phi) is 12.0. The summed E-state index contributed by atoms with van der Waals surface area (Å²) in [6.45, 7) is 11.6. The first-order valence-corrected chi connectivity index (χ1v) is 15.6. The van der Waals surface area contributed by atoms with Crippen LogP contribution in [0, 0.1) is 0 Å². The first-order chi connectivity index (χ1) is 16.5. The Morgan fingerprint density at radius 2 is 1.22 bits per heavy atom. The second kappa shape index (κ2) is 13.0. The second-order valence-corrected chi connectivity index (χ2v) is 14.5. The highest BCUT2D eigenvalue weighted by Gasteiger charge is 2.72. The Morgan fingerprint density at radius 3 is 1.58 bits per heavy atom. The number of alkyl halides is 6. The summed E-state index contributed by atoms with van der Waals surface area (Å²) >= 11 is 0. The summed E-state index contributed by atoms with van der Waals surface area (Å²) < 4.78 is 122. The zero-order valence-electron chi connectivity index (χ0n) is 21.4. The Hall–Kier alpha value is -0.600. The van der Waals surface area contributed by atoms with Crippen LogP contribution in [0.1, 0.15) is 78.6 Å². The number of unbranched alkanes of at least 4 members (excludes halogenated alkanes) is 2. The molecule has 0 amide bonds. The van der Waals surface area contributed by atoms with Crippen LogP contribution in [0.15, 0.2) is 0 Å². The topological polar surface area (TPSA) is 71.5 Å². The second-order valence-electron chi connectivity index (χ2n) is 9.75. The summed E-state index contributed by atoms with van der Waals surface area (Å²) in [6, 6.07) is 0. The number of rotatable bonds is 9. The molecule has 0 spiro atoms. The lowest BCUT2D eigenvalue weighted by molar-refractivity contribution is -0.930. The van der Waals surface area contributed by atoms with E-state index in [2.05, 4.69) is 13.8 Å². The fourth-order valence-corrected chi connectivity index (χ4v) is 9.17. The number of likely N-dealkylation sites (tertiary alicyclic amines) is 2. The summed E-state index contributed by atoms with van der Waals surface area (Å²) in [5, 5.41) is 0. The fourth-order valence-electron chi connectivity index (χ4n) is 5.16. The van der Waals surface area contributed by atoms with Gasteiger partial charge in [0.25, 0.3) is 19.7 Å². The molecule has 2 fully saturated rings. The van der Waals surface area contributed by atoms with Gasteiger partial charge in [0.15, 0.2) is 4.08 Å². The lowest BCUT2D eigenvalue weighted by Crippen LogP contribution is -2.60. The summed E-state index contributed by atoms with van der Waals surface area (Å²) in [7, 11) is -13.2. The van der Waals surface area contributed by atoms with E-state index in [1.807, 2.05) is 6.92 Å². The van der Waals surface area contributed by atoms with E-state index in [4.69, 9.17) is 0 Å². The predicted molar refractivity (Wildman–Crippen MR) is 127 cm³/mol. The van der Waals surface area contributed by atoms with Gasteiger partial charge < -0.3 is 9.38 Å². The third kappa shape index (κ3) is 7.28. The molecule has 2 aliphatic heterocycles. The average Bonchev–Trinajstić information content (AvgIpc) is 2.79. The maximum Gasteiger partial charge on any atom is 0.498 e. The molecule has 2 saturated heterocycles. The average molecular weight is 576 g/mol. The predicted octanol–water partition coefficient (Wildman–Crippen LogP) is 5.25. The Labute approximate surface area is 211 Å². The van der Waals surface area contributed by atoms with Crippen molar-refractivity contribution in [3.63, 3.8) is 0 Å². The molecule has 0 aromatic carbocycles. The minimum Gasteiger partial charge on any atom is -0.324 e. The lowest BCUT2D eigenvalue weighted by Gasteiger charge is -2.40. The highest BCUT2D eigenvalue weighted by atomic mass is 32.3. The van der Waals surface area contributed by atoms with Crippen molar-refractivity contribution < 1.29 is 47.7 Å². The van der Waals surface area contributed by atoms with E-state index in [9.17, 15) is 43.2 Å². The zero-order chi connectivity index (χ0) is 27.9. The minimum absolute atomic E-state index is 0.349. The summed E-state index contributed by atoms with van der Waals surface area (Å²) in [6.07, 6.45) is 5.46. The van der Waals surface area contributed by atoms with Crippen molar-refractivity contribution >= 4 is 19.7 Å². The number of hydrogen-bond donors (Lipinski definition) is 0.